The molecule has 0 saturated heterocycles. The molecule has 0 bridgehead atoms. The van der Waals surface area contributed by atoms with Gasteiger partial charge in [-0.3, -0.25) is 9.59 Å². The lowest BCUT2D eigenvalue weighted by Gasteiger charge is -2.23. The maximum atomic E-state index is 12.7. The normalized spacial score (nSPS) is 13.7. The number of hydrogen-bond acceptors (Lipinski definition) is 4. The number of aliphatic hydroxyl groups is 1. The Kier molecular flexibility index (Phi) is 8.35. The Bertz CT molecular complexity index is 717. The van der Waals surface area contributed by atoms with E-state index in [1.807, 2.05) is 30.0 Å². The van der Waals surface area contributed by atoms with Crippen LogP contribution in [0.5, 0.6) is 0 Å². The maximum absolute atomic E-state index is 12.7. The molecule has 27 heavy (non-hydrogen) atoms. The number of methoxy groups -OCH3 is 1. The topological polar surface area (TPSA) is 66.8 Å². The number of nitrogens with zero attached hydrogens (tertiary/aromatic N) is 1. The molecular formula is C22H29NO4. The molecule has 0 aromatic heterocycles. The van der Waals surface area contributed by atoms with E-state index in [9.17, 15) is 9.59 Å². The van der Waals surface area contributed by atoms with E-state index in [2.05, 4.69) is 16.6 Å². The van der Waals surface area contributed by atoms with Gasteiger partial charge in [0.1, 0.15) is 0 Å². The van der Waals surface area contributed by atoms with Crippen LogP contribution < -0.4 is 0 Å². The van der Waals surface area contributed by atoms with E-state index >= 15 is 0 Å². The summed E-state index contributed by atoms with van der Waals surface area (Å²) in [6.07, 6.45) is 5.70. The molecule has 5 heteroatoms. The number of esters is 1. The lowest BCUT2D eigenvalue weighted by molar-refractivity contribution is -0.141. The third-order valence-electron chi connectivity index (χ3n) is 4.95. The van der Waals surface area contributed by atoms with Gasteiger partial charge in [-0.15, -0.1) is 0 Å². The molecular weight excluding hydrogens is 342 g/mol. The minimum Gasteiger partial charge on any atom is -0.469 e. The van der Waals surface area contributed by atoms with Gasteiger partial charge in [-0.05, 0) is 43.9 Å². The molecule has 1 unspecified atom stereocenters. The Balaban J connectivity index is 1.97. The lowest BCUT2D eigenvalue weighted by atomic mass is 10.0. The first-order valence-electron chi connectivity index (χ1n) is 9.68. The molecule has 0 fully saturated rings. The second kappa shape index (κ2) is 10.7. The van der Waals surface area contributed by atoms with E-state index < -0.39 is 0 Å². The number of ether oxygens (including phenoxy) is 1. The summed E-state index contributed by atoms with van der Waals surface area (Å²) in [5.74, 6) is 6.19. The second-order valence-corrected chi connectivity index (χ2v) is 6.92. The van der Waals surface area contributed by atoms with Crippen molar-refractivity contribution in [3.63, 3.8) is 0 Å². The summed E-state index contributed by atoms with van der Waals surface area (Å²) >= 11 is 0. The summed E-state index contributed by atoms with van der Waals surface area (Å²) in [5.41, 5.74) is 2.62. The number of rotatable bonds is 9. The van der Waals surface area contributed by atoms with E-state index in [1.165, 1.54) is 7.11 Å². The van der Waals surface area contributed by atoms with Crippen LogP contribution >= 0.6 is 0 Å². The van der Waals surface area contributed by atoms with Crippen molar-refractivity contribution in [1.82, 2.24) is 4.90 Å². The van der Waals surface area contributed by atoms with Crippen molar-refractivity contribution in [2.45, 2.75) is 64.5 Å². The fourth-order valence-electron chi connectivity index (χ4n) is 3.25. The number of benzene rings is 1. The summed E-state index contributed by atoms with van der Waals surface area (Å²) in [6.45, 7) is 2.76. The first-order chi connectivity index (χ1) is 13.1. The quantitative estimate of drug-likeness (QED) is 0.411. The Morgan fingerprint density at radius 2 is 2.07 bits per heavy atom. The molecule has 5 nitrogen and oxygen atoms in total. The van der Waals surface area contributed by atoms with Crippen LogP contribution in [0.2, 0.25) is 0 Å². The van der Waals surface area contributed by atoms with Crippen LogP contribution in [0.4, 0.5) is 0 Å². The van der Waals surface area contributed by atoms with Gasteiger partial charge >= 0.3 is 5.97 Å². The van der Waals surface area contributed by atoms with Crippen LogP contribution in [0.15, 0.2) is 18.2 Å². The van der Waals surface area contributed by atoms with Crippen LogP contribution in [-0.2, 0) is 16.1 Å². The average molecular weight is 371 g/mol. The molecule has 2 rings (SSSR count). The van der Waals surface area contributed by atoms with Crippen molar-refractivity contribution in [2.24, 2.45) is 0 Å². The van der Waals surface area contributed by atoms with E-state index in [0.29, 0.717) is 19.4 Å². The third-order valence-corrected chi connectivity index (χ3v) is 4.95. The largest absolute Gasteiger partial charge is 0.469 e. The van der Waals surface area contributed by atoms with Gasteiger partial charge in [-0.1, -0.05) is 30.7 Å². The molecule has 1 aromatic rings. The van der Waals surface area contributed by atoms with Gasteiger partial charge in [-0.2, -0.15) is 0 Å². The fraction of sp³-hybridized carbons (Fsp3) is 0.545. The fourth-order valence-corrected chi connectivity index (χ4v) is 3.25. The molecule has 1 heterocycles. The van der Waals surface area contributed by atoms with Crippen molar-refractivity contribution >= 4 is 11.9 Å². The number of carbonyl (C=O) groups is 2. The van der Waals surface area contributed by atoms with Crippen molar-refractivity contribution in [2.75, 3.05) is 13.7 Å². The minimum atomic E-state index is -0.253. The molecule has 1 atom stereocenters. The van der Waals surface area contributed by atoms with Crippen molar-refractivity contribution in [3.05, 3.63) is 34.9 Å². The monoisotopic (exact) mass is 371 g/mol. The van der Waals surface area contributed by atoms with Gasteiger partial charge in [0, 0.05) is 43.2 Å². The molecule has 1 amide bonds. The van der Waals surface area contributed by atoms with Crippen molar-refractivity contribution in [3.8, 4) is 11.8 Å². The predicted octanol–water partition coefficient (Wildman–Crippen LogP) is 3.28. The molecule has 0 spiro atoms. The lowest BCUT2D eigenvalue weighted by Crippen LogP contribution is -2.33. The summed E-state index contributed by atoms with van der Waals surface area (Å²) in [7, 11) is 1.38. The van der Waals surface area contributed by atoms with Crippen LogP contribution in [0.1, 0.15) is 73.4 Å². The molecule has 0 radical (unpaired) electrons. The highest BCUT2D eigenvalue weighted by Gasteiger charge is 2.32. The summed E-state index contributed by atoms with van der Waals surface area (Å²) in [4.78, 5) is 25.9. The Morgan fingerprint density at radius 1 is 1.30 bits per heavy atom. The van der Waals surface area contributed by atoms with Crippen LogP contribution in [0.3, 0.4) is 0 Å². The third kappa shape index (κ3) is 5.83. The predicted molar refractivity (Wildman–Crippen MR) is 104 cm³/mol. The number of unbranched alkanes of at least 4 members (excludes halogenated alkanes) is 4. The van der Waals surface area contributed by atoms with E-state index in [4.69, 9.17) is 5.11 Å². The molecule has 1 aromatic carbocycles. The summed E-state index contributed by atoms with van der Waals surface area (Å²) in [6, 6.07) is 5.67. The highest BCUT2D eigenvalue weighted by molar-refractivity contribution is 5.99. The zero-order valence-electron chi connectivity index (χ0n) is 16.3. The minimum absolute atomic E-state index is 0.00928. The first kappa shape index (κ1) is 21.0. The molecule has 0 aliphatic carbocycles. The highest BCUT2D eigenvalue weighted by Crippen LogP contribution is 2.28. The number of aliphatic hydroxyl groups excluding tert-OH is 1. The molecule has 1 N–H and O–H groups in total. The van der Waals surface area contributed by atoms with Gasteiger partial charge in [0.15, 0.2) is 0 Å². The van der Waals surface area contributed by atoms with Gasteiger partial charge < -0.3 is 14.7 Å². The molecule has 1 aliphatic heterocycles. The van der Waals surface area contributed by atoms with Crippen LogP contribution in [0.25, 0.3) is 0 Å². The molecule has 0 saturated carbocycles. The van der Waals surface area contributed by atoms with Crippen molar-refractivity contribution < 1.29 is 19.4 Å². The molecule has 1 aliphatic rings. The average Bonchev–Trinajstić information content (AvgIpc) is 3.02. The highest BCUT2D eigenvalue weighted by atomic mass is 16.5. The smallest absolute Gasteiger partial charge is 0.305 e. The number of fused-ring (bicyclic) bond motifs is 1. The van der Waals surface area contributed by atoms with Gasteiger partial charge in [0.2, 0.25) is 0 Å². The van der Waals surface area contributed by atoms with Crippen LogP contribution in [0, 0.1) is 11.8 Å². The Labute approximate surface area is 161 Å². The van der Waals surface area contributed by atoms with Crippen molar-refractivity contribution in [1.29, 1.82) is 0 Å². The van der Waals surface area contributed by atoms with E-state index in [0.717, 1.165) is 48.8 Å². The zero-order valence-corrected chi connectivity index (χ0v) is 16.3. The van der Waals surface area contributed by atoms with E-state index in [1.54, 1.807) is 0 Å². The second-order valence-electron chi connectivity index (χ2n) is 6.92. The first-order valence-corrected chi connectivity index (χ1v) is 9.68. The number of carbonyl (C=O) groups excluding carboxylic acids is 2. The van der Waals surface area contributed by atoms with Gasteiger partial charge in [0.05, 0.1) is 7.11 Å². The standard InChI is InChI=1S/C22H29NO4/c1-17(13-14-21(25)27-2)23-16-20-18(11-9-12-19(20)22(23)26)10-7-5-3-4-6-8-15-24/h9,11-12,17,24H,3-6,8,13-16H2,1-2H3. The Morgan fingerprint density at radius 3 is 2.81 bits per heavy atom. The number of amides is 1. The summed E-state index contributed by atoms with van der Waals surface area (Å²) in [5, 5.41) is 8.78. The number of hydrogen-bond donors (Lipinski definition) is 1. The van der Waals surface area contributed by atoms with Crippen LogP contribution in [-0.4, -0.2) is 41.6 Å². The maximum Gasteiger partial charge on any atom is 0.305 e. The van der Waals surface area contributed by atoms with Gasteiger partial charge in [-0.25, -0.2) is 0 Å². The van der Waals surface area contributed by atoms with Gasteiger partial charge in [0.25, 0.3) is 5.91 Å². The Hall–Kier alpha value is -2.32. The molecule has 146 valence electrons. The SMILES string of the molecule is COC(=O)CCC(C)N1Cc2c(C#CCCCCCCO)cccc2C1=O. The van der Waals surface area contributed by atoms with E-state index in [-0.39, 0.29) is 24.5 Å². The summed E-state index contributed by atoms with van der Waals surface area (Å²) < 4.78 is 4.68. The zero-order chi connectivity index (χ0) is 19.6.